The predicted molar refractivity (Wildman–Crippen MR) is 95.9 cm³/mol. The molecule has 1 fully saturated rings. The molecular formula is C20H19N3O. The third-order valence-corrected chi connectivity index (χ3v) is 4.19. The van der Waals surface area contributed by atoms with Gasteiger partial charge in [0, 0.05) is 24.2 Å². The zero-order valence-corrected chi connectivity index (χ0v) is 13.4. The molecule has 0 amide bonds. The third-order valence-electron chi connectivity index (χ3n) is 4.19. The van der Waals surface area contributed by atoms with E-state index >= 15 is 0 Å². The molecule has 0 saturated carbocycles. The molecule has 1 aliphatic rings. The maximum absolute atomic E-state index is 5.44. The van der Waals surface area contributed by atoms with Crippen molar-refractivity contribution in [3.05, 3.63) is 66.9 Å². The SMILES string of the molecule is c1ccc(-c2ncc(N3CCOCC3)nc2-c2ccccc2)cc1. The summed E-state index contributed by atoms with van der Waals surface area (Å²) in [6.45, 7) is 3.19. The standard InChI is InChI=1S/C20H19N3O/c1-3-7-16(8-4-1)19-20(17-9-5-2-6-10-17)22-18(15-21-19)23-11-13-24-14-12-23/h1-10,15H,11-14H2. The van der Waals surface area contributed by atoms with Crippen molar-refractivity contribution in [2.75, 3.05) is 31.2 Å². The quantitative estimate of drug-likeness (QED) is 0.739. The molecule has 2 heterocycles. The van der Waals surface area contributed by atoms with Crippen molar-refractivity contribution in [3.8, 4) is 22.5 Å². The Labute approximate surface area is 141 Å². The summed E-state index contributed by atoms with van der Waals surface area (Å²) in [7, 11) is 0. The third kappa shape index (κ3) is 3.01. The summed E-state index contributed by atoms with van der Waals surface area (Å²) < 4.78 is 5.44. The second-order valence-electron chi connectivity index (χ2n) is 5.76. The number of aromatic nitrogens is 2. The average molecular weight is 317 g/mol. The number of benzene rings is 2. The lowest BCUT2D eigenvalue weighted by Gasteiger charge is -2.28. The van der Waals surface area contributed by atoms with Crippen LogP contribution in [0.25, 0.3) is 22.5 Å². The van der Waals surface area contributed by atoms with Crippen LogP contribution in [-0.2, 0) is 4.74 Å². The van der Waals surface area contributed by atoms with Gasteiger partial charge in [-0.25, -0.2) is 4.98 Å². The van der Waals surface area contributed by atoms with Gasteiger partial charge in [-0.2, -0.15) is 0 Å². The maximum Gasteiger partial charge on any atom is 0.148 e. The molecule has 3 aromatic rings. The van der Waals surface area contributed by atoms with Crippen LogP contribution in [0.2, 0.25) is 0 Å². The number of morpholine rings is 1. The highest BCUT2D eigenvalue weighted by molar-refractivity contribution is 5.78. The van der Waals surface area contributed by atoms with Crippen LogP contribution in [-0.4, -0.2) is 36.3 Å². The van der Waals surface area contributed by atoms with Gasteiger partial charge < -0.3 is 9.64 Å². The summed E-state index contributed by atoms with van der Waals surface area (Å²) in [5, 5.41) is 0. The van der Waals surface area contributed by atoms with E-state index in [-0.39, 0.29) is 0 Å². The van der Waals surface area contributed by atoms with Crippen LogP contribution in [0.3, 0.4) is 0 Å². The van der Waals surface area contributed by atoms with Gasteiger partial charge in [0.05, 0.1) is 30.8 Å². The fourth-order valence-electron chi connectivity index (χ4n) is 2.93. The van der Waals surface area contributed by atoms with Gasteiger partial charge in [0.2, 0.25) is 0 Å². The van der Waals surface area contributed by atoms with Crippen molar-refractivity contribution < 1.29 is 4.74 Å². The van der Waals surface area contributed by atoms with Crippen molar-refractivity contribution in [2.24, 2.45) is 0 Å². The van der Waals surface area contributed by atoms with Crippen LogP contribution in [0.5, 0.6) is 0 Å². The monoisotopic (exact) mass is 317 g/mol. The number of rotatable bonds is 3. The minimum atomic E-state index is 0.739. The van der Waals surface area contributed by atoms with E-state index < -0.39 is 0 Å². The van der Waals surface area contributed by atoms with E-state index in [2.05, 4.69) is 29.2 Å². The second kappa shape index (κ2) is 6.81. The number of ether oxygens (including phenoxy) is 1. The van der Waals surface area contributed by atoms with Gasteiger partial charge in [-0.3, -0.25) is 4.98 Å². The molecule has 0 radical (unpaired) electrons. The van der Waals surface area contributed by atoms with Gasteiger partial charge in [-0.1, -0.05) is 60.7 Å². The number of hydrogen-bond acceptors (Lipinski definition) is 4. The van der Waals surface area contributed by atoms with Crippen molar-refractivity contribution in [1.82, 2.24) is 9.97 Å². The molecule has 0 aliphatic carbocycles. The average Bonchev–Trinajstić information content (AvgIpc) is 2.69. The van der Waals surface area contributed by atoms with Gasteiger partial charge >= 0.3 is 0 Å². The van der Waals surface area contributed by atoms with Gasteiger partial charge in [0.15, 0.2) is 0 Å². The summed E-state index contributed by atoms with van der Waals surface area (Å²) in [6.07, 6.45) is 1.88. The summed E-state index contributed by atoms with van der Waals surface area (Å²) in [5.41, 5.74) is 4.00. The molecule has 0 atom stereocenters. The number of nitrogens with zero attached hydrogens (tertiary/aromatic N) is 3. The molecule has 0 bridgehead atoms. The summed E-state index contributed by atoms with van der Waals surface area (Å²) >= 11 is 0. The van der Waals surface area contributed by atoms with E-state index in [0.29, 0.717) is 0 Å². The van der Waals surface area contributed by atoms with E-state index in [1.165, 1.54) is 0 Å². The first kappa shape index (κ1) is 14.8. The lowest BCUT2D eigenvalue weighted by Crippen LogP contribution is -2.36. The molecule has 0 spiro atoms. The van der Waals surface area contributed by atoms with Crippen molar-refractivity contribution in [3.63, 3.8) is 0 Å². The lowest BCUT2D eigenvalue weighted by atomic mass is 10.0. The Hall–Kier alpha value is -2.72. The van der Waals surface area contributed by atoms with Gasteiger partial charge in [0.25, 0.3) is 0 Å². The predicted octanol–water partition coefficient (Wildman–Crippen LogP) is 3.65. The van der Waals surface area contributed by atoms with E-state index in [0.717, 1.165) is 54.6 Å². The summed E-state index contributed by atoms with van der Waals surface area (Å²) in [4.78, 5) is 11.9. The Balaban J connectivity index is 1.82. The summed E-state index contributed by atoms with van der Waals surface area (Å²) in [5.74, 6) is 0.914. The van der Waals surface area contributed by atoms with E-state index in [9.17, 15) is 0 Å². The van der Waals surface area contributed by atoms with Crippen molar-refractivity contribution >= 4 is 5.82 Å². The Morgan fingerprint density at radius 2 is 1.33 bits per heavy atom. The van der Waals surface area contributed by atoms with Crippen LogP contribution >= 0.6 is 0 Å². The van der Waals surface area contributed by atoms with E-state index in [4.69, 9.17) is 14.7 Å². The molecule has 1 aromatic heterocycles. The summed E-state index contributed by atoms with van der Waals surface area (Å²) in [6, 6.07) is 20.5. The molecule has 120 valence electrons. The topological polar surface area (TPSA) is 38.2 Å². The van der Waals surface area contributed by atoms with E-state index in [1.54, 1.807) is 0 Å². The van der Waals surface area contributed by atoms with Gasteiger partial charge in [-0.15, -0.1) is 0 Å². The van der Waals surface area contributed by atoms with Gasteiger partial charge in [-0.05, 0) is 0 Å². The largest absolute Gasteiger partial charge is 0.378 e. The van der Waals surface area contributed by atoms with Crippen LogP contribution in [0.15, 0.2) is 66.9 Å². The Bertz CT molecular complexity index is 800. The fraction of sp³-hybridized carbons (Fsp3) is 0.200. The lowest BCUT2D eigenvalue weighted by molar-refractivity contribution is 0.122. The zero-order valence-electron chi connectivity index (χ0n) is 13.4. The number of hydrogen-bond donors (Lipinski definition) is 0. The maximum atomic E-state index is 5.44. The first-order chi connectivity index (χ1) is 11.9. The normalized spacial score (nSPS) is 14.6. The highest BCUT2D eigenvalue weighted by Crippen LogP contribution is 2.30. The second-order valence-corrected chi connectivity index (χ2v) is 5.76. The van der Waals surface area contributed by atoms with Crippen LogP contribution in [0.4, 0.5) is 5.82 Å². The molecule has 4 heteroatoms. The van der Waals surface area contributed by atoms with Crippen molar-refractivity contribution in [1.29, 1.82) is 0 Å². The van der Waals surface area contributed by atoms with Crippen LogP contribution < -0.4 is 4.90 Å². The molecule has 0 N–H and O–H groups in total. The van der Waals surface area contributed by atoms with Crippen LogP contribution in [0, 0.1) is 0 Å². The number of anilines is 1. The molecule has 4 nitrogen and oxygen atoms in total. The minimum Gasteiger partial charge on any atom is -0.378 e. The molecule has 1 aliphatic heterocycles. The first-order valence-corrected chi connectivity index (χ1v) is 8.22. The van der Waals surface area contributed by atoms with Gasteiger partial charge in [0.1, 0.15) is 5.82 Å². The van der Waals surface area contributed by atoms with E-state index in [1.807, 2.05) is 42.6 Å². The Kier molecular flexibility index (Phi) is 4.21. The highest BCUT2D eigenvalue weighted by Gasteiger charge is 2.17. The molecular weight excluding hydrogens is 298 g/mol. The minimum absolute atomic E-state index is 0.739. The molecule has 4 rings (SSSR count). The molecule has 24 heavy (non-hydrogen) atoms. The molecule has 2 aromatic carbocycles. The highest BCUT2D eigenvalue weighted by atomic mass is 16.5. The fourth-order valence-corrected chi connectivity index (χ4v) is 2.93. The Morgan fingerprint density at radius 1 is 0.750 bits per heavy atom. The zero-order chi connectivity index (χ0) is 16.2. The first-order valence-electron chi connectivity index (χ1n) is 8.22. The molecule has 1 saturated heterocycles. The Morgan fingerprint density at radius 3 is 1.96 bits per heavy atom. The smallest absolute Gasteiger partial charge is 0.148 e. The van der Waals surface area contributed by atoms with Crippen molar-refractivity contribution in [2.45, 2.75) is 0 Å². The molecule has 0 unspecified atom stereocenters. The van der Waals surface area contributed by atoms with Crippen LogP contribution in [0.1, 0.15) is 0 Å².